The van der Waals surface area contributed by atoms with Crippen LogP contribution in [0.1, 0.15) is 34.4 Å². The molecule has 3 heteroatoms. The summed E-state index contributed by atoms with van der Waals surface area (Å²) in [5, 5.41) is 0. The van der Waals surface area contributed by atoms with Gasteiger partial charge in [0.1, 0.15) is 12.7 Å². The molecule has 4 aromatic rings. The van der Waals surface area contributed by atoms with Crippen molar-refractivity contribution in [1.29, 1.82) is 0 Å². The van der Waals surface area contributed by atoms with E-state index in [1.165, 1.54) is 11.1 Å². The van der Waals surface area contributed by atoms with E-state index in [1.54, 1.807) is 0 Å². The van der Waals surface area contributed by atoms with E-state index < -0.39 is 0 Å². The first-order chi connectivity index (χ1) is 18.4. The molecule has 1 fully saturated rings. The average Bonchev–Trinajstić information content (AvgIpc) is 2.98. The molecular weight excluding hydrogens is 452 g/mol. The van der Waals surface area contributed by atoms with Gasteiger partial charge in [0, 0.05) is 26.2 Å². The SMILES string of the molecule is C(#CCN1CCN(C(c2ccccc2)c2ccccc2)CC1)COC(c1ccccc1)c1ccccc1. The first kappa shape index (κ1) is 25.0. The molecule has 0 bridgehead atoms. The van der Waals surface area contributed by atoms with Crippen molar-refractivity contribution < 1.29 is 4.74 Å². The van der Waals surface area contributed by atoms with Crippen molar-refractivity contribution in [2.24, 2.45) is 0 Å². The quantitative estimate of drug-likeness (QED) is 0.276. The summed E-state index contributed by atoms with van der Waals surface area (Å²) in [4.78, 5) is 5.05. The van der Waals surface area contributed by atoms with Crippen molar-refractivity contribution in [3.8, 4) is 11.8 Å². The van der Waals surface area contributed by atoms with Gasteiger partial charge in [-0.2, -0.15) is 0 Å². The Morgan fingerprint density at radius 1 is 0.541 bits per heavy atom. The zero-order valence-corrected chi connectivity index (χ0v) is 21.2. The van der Waals surface area contributed by atoms with Gasteiger partial charge in [-0.05, 0) is 22.3 Å². The highest BCUT2D eigenvalue weighted by atomic mass is 16.5. The number of benzene rings is 4. The lowest BCUT2D eigenvalue weighted by molar-refractivity contribution is 0.108. The summed E-state index contributed by atoms with van der Waals surface area (Å²) in [6.07, 6.45) is -0.104. The summed E-state index contributed by atoms with van der Waals surface area (Å²) < 4.78 is 6.25. The van der Waals surface area contributed by atoms with Gasteiger partial charge in [-0.15, -0.1) is 0 Å². The van der Waals surface area contributed by atoms with Gasteiger partial charge in [-0.1, -0.05) is 133 Å². The van der Waals surface area contributed by atoms with Crippen LogP contribution in [0.2, 0.25) is 0 Å². The van der Waals surface area contributed by atoms with Gasteiger partial charge in [0.2, 0.25) is 0 Å². The van der Waals surface area contributed by atoms with E-state index >= 15 is 0 Å². The van der Waals surface area contributed by atoms with E-state index in [2.05, 4.69) is 131 Å². The standard InChI is InChI=1S/C34H34N2O/c1-5-15-29(16-6-1)33(30-17-7-2-8-18-30)36-26-24-35(25-27-36)23-13-14-28-37-34(31-19-9-3-10-20-31)32-21-11-4-12-22-32/h1-12,15-22,33-34H,23-28H2. The molecule has 4 aromatic carbocycles. The van der Waals surface area contributed by atoms with Crippen LogP contribution in [-0.2, 0) is 4.74 Å². The van der Waals surface area contributed by atoms with Crippen LogP contribution in [0.25, 0.3) is 0 Å². The van der Waals surface area contributed by atoms with Gasteiger partial charge in [-0.25, -0.2) is 0 Å². The molecule has 1 saturated heterocycles. The number of piperazine rings is 1. The maximum Gasteiger partial charge on any atom is 0.109 e. The van der Waals surface area contributed by atoms with E-state index in [0.717, 1.165) is 43.9 Å². The van der Waals surface area contributed by atoms with Gasteiger partial charge in [0.15, 0.2) is 0 Å². The normalized spacial score (nSPS) is 14.4. The summed E-state index contributed by atoms with van der Waals surface area (Å²) >= 11 is 0. The molecule has 0 unspecified atom stereocenters. The highest BCUT2D eigenvalue weighted by molar-refractivity contribution is 5.32. The molecule has 186 valence electrons. The van der Waals surface area contributed by atoms with E-state index in [0.29, 0.717) is 6.61 Å². The van der Waals surface area contributed by atoms with Crippen molar-refractivity contribution in [3.63, 3.8) is 0 Å². The first-order valence-electron chi connectivity index (χ1n) is 13.1. The summed E-state index contributed by atoms with van der Waals surface area (Å²) in [7, 11) is 0. The second-order valence-electron chi connectivity index (χ2n) is 9.40. The molecule has 1 heterocycles. The van der Waals surface area contributed by atoms with E-state index in [9.17, 15) is 0 Å². The van der Waals surface area contributed by atoms with Gasteiger partial charge in [0.05, 0.1) is 12.6 Å². The largest absolute Gasteiger partial charge is 0.356 e. The number of hydrogen-bond acceptors (Lipinski definition) is 3. The van der Waals surface area contributed by atoms with E-state index in [1.807, 2.05) is 12.1 Å². The molecule has 0 aromatic heterocycles. The van der Waals surface area contributed by atoms with Gasteiger partial charge in [0.25, 0.3) is 0 Å². The molecule has 5 rings (SSSR count). The third kappa shape index (κ3) is 6.76. The third-order valence-electron chi connectivity index (χ3n) is 6.96. The molecule has 37 heavy (non-hydrogen) atoms. The van der Waals surface area contributed by atoms with Gasteiger partial charge >= 0.3 is 0 Å². The molecule has 0 saturated carbocycles. The fourth-order valence-electron chi connectivity index (χ4n) is 5.05. The minimum atomic E-state index is -0.104. The summed E-state index contributed by atoms with van der Waals surface area (Å²) in [6, 6.07) is 42.7. The maximum absolute atomic E-state index is 6.25. The van der Waals surface area contributed by atoms with Crippen LogP contribution in [0, 0.1) is 11.8 Å². The summed E-state index contributed by atoms with van der Waals surface area (Å²) in [5.41, 5.74) is 5.01. The molecule has 1 aliphatic rings. The van der Waals surface area contributed by atoms with Crippen molar-refractivity contribution >= 4 is 0 Å². The number of ether oxygens (including phenoxy) is 1. The minimum Gasteiger partial charge on any atom is -0.356 e. The van der Waals surface area contributed by atoms with E-state index in [4.69, 9.17) is 4.74 Å². The Bertz CT molecular complexity index is 1180. The lowest BCUT2D eigenvalue weighted by Crippen LogP contribution is -2.47. The maximum atomic E-state index is 6.25. The fourth-order valence-corrected chi connectivity index (χ4v) is 5.05. The lowest BCUT2D eigenvalue weighted by atomic mass is 9.96. The van der Waals surface area contributed by atoms with E-state index in [-0.39, 0.29) is 12.1 Å². The Kier molecular flexibility index (Phi) is 8.80. The van der Waals surface area contributed by atoms with Gasteiger partial charge in [-0.3, -0.25) is 9.80 Å². The molecule has 3 nitrogen and oxygen atoms in total. The lowest BCUT2D eigenvalue weighted by Gasteiger charge is -2.39. The highest BCUT2D eigenvalue weighted by Gasteiger charge is 2.26. The van der Waals surface area contributed by atoms with Crippen LogP contribution in [0.5, 0.6) is 0 Å². The first-order valence-corrected chi connectivity index (χ1v) is 13.1. The Morgan fingerprint density at radius 2 is 0.973 bits per heavy atom. The third-order valence-corrected chi connectivity index (χ3v) is 6.96. The number of hydrogen-bond donors (Lipinski definition) is 0. The van der Waals surface area contributed by atoms with Crippen LogP contribution in [-0.4, -0.2) is 49.1 Å². The zero-order valence-electron chi connectivity index (χ0n) is 21.2. The van der Waals surface area contributed by atoms with Crippen molar-refractivity contribution in [3.05, 3.63) is 144 Å². The Balaban J connectivity index is 1.16. The summed E-state index contributed by atoms with van der Waals surface area (Å²) in [6.45, 7) is 5.27. The van der Waals surface area contributed by atoms with Crippen LogP contribution >= 0.6 is 0 Å². The predicted molar refractivity (Wildman–Crippen MR) is 151 cm³/mol. The van der Waals surface area contributed by atoms with Crippen molar-refractivity contribution in [2.75, 3.05) is 39.3 Å². The Morgan fingerprint density at radius 3 is 1.43 bits per heavy atom. The fraction of sp³-hybridized carbons (Fsp3) is 0.235. The Hall–Kier alpha value is -3.68. The number of rotatable bonds is 8. The summed E-state index contributed by atoms with van der Waals surface area (Å²) in [5.74, 6) is 6.61. The monoisotopic (exact) mass is 486 g/mol. The molecular formula is C34H34N2O. The van der Waals surface area contributed by atoms with Crippen LogP contribution in [0.3, 0.4) is 0 Å². The smallest absolute Gasteiger partial charge is 0.109 e. The molecule has 0 aliphatic carbocycles. The highest BCUT2D eigenvalue weighted by Crippen LogP contribution is 2.29. The van der Waals surface area contributed by atoms with Crippen LogP contribution < -0.4 is 0 Å². The molecule has 0 atom stereocenters. The van der Waals surface area contributed by atoms with Crippen LogP contribution in [0.15, 0.2) is 121 Å². The predicted octanol–water partition coefficient (Wildman–Crippen LogP) is 6.20. The molecule has 1 aliphatic heterocycles. The second-order valence-corrected chi connectivity index (χ2v) is 9.40. The van der Waals surface area contributed by atoms with Crippen molar-refractivity contribution in [2.45, 2.75) is 12.1 Å². The molecule has 0 spiro atoms. The molecule has 0 amide bonds. The number of nitrogens with zero attached hydrogens (tertiary/aromatic N) is 2. The Labute approximate surface area is 221 Å². The van der Waals surface area contributed by atoms with Crippen molar-refractivity contribution in [1.82, 2.24) is 9.80 Å². The minimum absolute atomic E-state index is 0.104. The second kappa shape index (κ2) is 13.0. The van der Waals surface area contributed by atoms with Crippen LogP contribution in [0.4, 0.5) is 0 Å². The molecule has 0 N–H and O–H groups in total. The zero-order chi connectivity index (χ0) is 25.1. The average molecular weight is 487 g/mol. The van der Waals surface area contributed by atoms with Gasteiger partial charge < -0.3 is 4.74 Å². The molecule has 0 radical (unpaired) electrons. The topological polar surface area (TPSA) is 15.7 Å².